The van der Waals surface area contributed by atoms with Crippen LogP contribution in [0.2, 0.25) is 0 Å². The van der Waals surface area contributed by atoms with Crippen molar-refractivity contribution in [3.05, 3.63) is 17.8 Å². The number of piperidine rings is 1. The molecule has 2 aliphatic heterocycles. The Morgan fingerprint density at radius 3 is 2.60 bits per heavy atom. The predicted octanol–water partition coefficient (Wildman–Crippen LogP) is 0.705. The molecule has 7 nitrogen and oxygen atoms in total. The van der Waals surface area contributed by atoms with Crippen molar-refractivity contribution in [3.8, 4) is 0 Å². The molecule has 3 rings (SSSR count). The number of nitrogen functional groups attached to an aromatic ring is 1. The molecule has 0 amide bonds. The topological polar surface area (TPSA) is 97.9 Å². The standard InChI is InChI=1S/C13H17N3O4/c14-10-8-15-11(7-9(10)12(17)18)16-3-1-13(2-4-16)19-5-6-20-13/h7-8H,1-6,14H2,(H,17,18). The molecule has 0 aromatic carbocycles. The molecule has 2 saturated heterocycles. The molecule has 0 aliphatic carbocycles. The summed E-state index contributed by atoms with van der Waals surface area (Å²) in [6, 6.07) is 1.52. The number of carboxylic acid groups (broad SMARTS) is 1. The van der Waals surface area contributed by atoms with Crippen LogP contribution in [0.3, 0.4) is 0 Å². The van der Waals surface area contributed by atoms with Crippen LogP contribution < -0.4 is 10.6 Å². The Morgan fingerprint density at radius 1 is 1.35 bits per heavy atom. The first-order valence-electron chi connectivity index (χ1n) is 6.61. The van der Waals surface area contributed by atoms with E-state index in [9.17, 15) is 4.79 Å². The second-order valence-electron chi connectivity index (χ2n) is 5.03. The minimum atomic E-state index is -1.04. The van der Waals surface area contributed by atoms with Crippen LogP contribution in [0.15, 0.2) is 12.3 Å². The first kappa shape index (κ1) is 13.1. The van der Waals surface area contributed by atoms with Gasteiger partial charge in [-0.3, -0.25) is 0 Å². The zero-order valence-electron chi connectivity index (χ0n) is 11.0. The molecule has 2 fully saturated rings. The van der Waals surface area contributed by atoms with E-state index < -0.39 is 11.8 Å². The fourth-order valence-corrected chi connectivity index (χ4v) is 2.68. The lowest BCUT2D eigenvalue weighted by Crippen LogP contribution is -2.45. The van der Waals surface area contributed by atoms with Gasteiger partial charge in [-0.25, -0.2) is 9.78 Å². The predicted molar refractivity (Wildman–Crippen MR) is 71.7 cm³/mol. The molecule has 0 bridgehead atoms. The van der Waals surface area contributed by atoms with Crippen LogP contribution in [0.25, 0.3) is 0 Å². The number of nitrogens with two attached hydrogens (primary N) is 1. The number of ether oxygens (including phenoxy) is 2. The van der Waals surface area contributed by atoms with Gasteiger partial charge >= 0.3 is 5.97 Å². The quantitative estimate of drug-likeness (QED) is 0.822. The molecule has 1 aromatic heterocycles. The van der Waals surface area contributed by atoms with Gasteiger partial charge < -0.3 is 25.2 Å². The fraction of sp³-hybridized carbons (Fsp3) is 0.538. The Kier molecular flexibility index (Phi) is 3.23. The molecule has 3 heterocycles. The first-order chi connectivity index (χ1) is 9.60. The number of aromatic nitrogens is 1. The van der Waals surface area contributed by atoms with Gasteiger partial charge in [0.2, 0.25) is 0 Å². The smallest absolute Gasteiger partial charge is 0.337 e. The maximum atomic E-state index is 11.1. The number of carbonyl (C=O) groups is 1. The Bertz CT molecular complexity index is 518. The highest BCUT2D eigenvalue weighted by molar-refractivity contribution is 5.94. The largest absolute Gasteiger partial charge is 0.478 e. The average Bonchev–Trinajstić information content (AvgIpc) is 2.88. The van der Waals surface area contributed by atoms with E-state index in [1.807, 2.05) is 4.90 Å². The van der Waals surface area contributed by atoms with Gasteiger partial charge in [-0.15, -0.1) is 0 Å². The second kappa shape index (κ2) is 4.92. The second-order valence-corrected chi connectivity index (χ2v) is 5.03. The van der Waals surface area contributed by atoms with Gasteiger partial charge in [0, 0.05) is 25.9 Å². The summed E-state index contributed by atoms with van der Waals surface area (Å²) in [6.45, 7) is 2.72. The zero-order chi connectivity index (χ0) is 14.2. The third-order valence-electron chi connectivity index (χ3n) is 3.81. The van der Waals surface area contributed by atoms with Crippen LogP contribution in [0.1, 0.15) is 23.2 Å². The molecule has 0 radical (unpaired) electrons. The summed E-state index contributed by atoms with van der Waals surface area (Å²) in [5.41, 5.74) is 5.88. The van der Waals surface area contributed by atoms with Crippen molar-refractivity contribution in [1.82, 2.24) is 4.98 Å². The SMILES string of the molecule is Nc1cnc(N2CCC3(CC2)OCCO3)cc1C(=O)O. The third-order valence-corrected chi connectivity index (χ3v) is 3.81. The molecule has 7 heteroatoms. The van der Waals surface area contributed by atoms with E-state index in [0.717, 1.165) is 25.9 Å². The van der Waals surface area contributed by atoms with Crippen molar-refractivity contribution >= 4 is 17.5 Å². The van der Waals surface area contributed by atoms with Crippen LogP contribution in [0.5, 0.6) is 0 Å². The Balaban J connectivity index is 1.75. The van der Waals surface area contributed by atoms with Gasteiger partial charge in [0.25, 0.3) is 0 Å². The Hall–Kier alpha value is -1.86. The van der Waals surface area contributed by atoms with Crippen LogP contribution in [-0.4, -0.2) is 48.2 Å². The van der Waals surface area contributed by atoms with E-state index in [1.54, 1.807) is 0 Å². The Labute approximate surface area is 116 Å². The van der Waals surface area contributed by atoms with Crippen molar-refractivity contribution in [2.24, 2.45) is 0 Å². The minimum absolute atomic E-state index is 0.0867. The summed E-state index contributed by atoms with van der Waals surface area (Å²) in [4.78, 5) is 17.3. The molecular formula is C13H17N3O4. The first-order valence-corrected chi connectivity index (χ1v) is 6.61. The van der Waals surface area contributed by atoms with Crippen LogP contribution in [0, 0.1) is 0 Å². The monoisotopic (exact) mass is 279 g/mol. The van der Waals surface area contributed by atoms with Crippen LogP contribution >= 0.6 is 0 Å². The number of hydrogen-bond acceptors (Lipinski definition) is 6. The fourth-order valence-electron chi connectivity index (χ4n) is 2.68. The van der Waals surface area contributed by atoms with Crippen LogP contribution in [-0.2, 0) is 9.47 Å². The molecular weight excluding hydrogens is 262 g/mol. The lowest BCUT2D eigenvalue weighted by molar-refractivity contribution is -0.169. The van der Waals surface area contributed by atoms with Gasteiger partial charge in [0.05, 0.1) is 30.7 Å². The summed E-state index contributed by atoms with van der Waals surface area (Å²) in [6.07, 6.45) is 2.90. The molecule has 2 aliphatic rings. The van der Waals surface area contributed by atoms with Gasteiger partial charge in [0.15, 0.2) is 5.79 Å². The molecule has 0 saturated carbocycles. The number of pyridine rings is 1. The van der Waals surface area contributed by atoms with Gasteiger partial charge in [-0.05, 0) is 6.07 Å². The highest BCUT2D eigenvalue weighted by atomic mass is 16.7. The number of hydrogen-bond donors (Lipinski definition) is 2. The van der Waals surface area contributed by atoms with Crippen molar-refractivity contribution in [1.29, 1.82) is 0 Å². The number of anilines is 2. The highest BCUT2D eigenvalue weighted by Crippen LogP contribution is 2.33. The van der Waals surface area contributed by atoms with Crippen molar-refractivity contribution < 1.29 is 19.4 Å². The highest BCUT2D eigenvalue weighted by Gasteiger charge is 2.40. The van der Waals surface area contributed by atoms with E-state index in [-0.39, 0.29) is 11.3 Å². The van der Waals surface area contributed by atoms with Gasteiger partial charge in [-0.1, -0.05) is 0 Å². The van der Waals surface area contributed by atoms with Crippen LogP contribution in [0.4, 0.5) is 11.5 Å². The van der Waals surface area contributed by atoms with E-state index in [0.29, 0.717) is 19.0 Å². The molecule has 1 aromatic rings. The average molecular weight is 279 g/mol. The van der Waals surface area contributed by atoms with E-state index >= 15 is 0 Å². The molecule has 20 heavy (non-hydrogen) atoms. The van der Waals surface area contributed by atoms with Gasteiger partial charge in [0.1, 0.15) is 5.82 Å². The molecule has 108 valence electrons. The van der Waals surface area contributed by atoms with Gasteiger partial charge in [-0.2, -0.15) is 0 Å². The van der Waals surface area contributed by atoms with Crippen molar-refractivity contribution in [2.45, 2.75) is 18.6 Å². The minimum Gasteiger partial charge on any atom is -0.478 e. The molecule has 1 spiro atoms. The summed E-state index contributed by atoms with van der Waals surface area (Å²) in [5.74, 6) is -0.855. The zero-order valence-corrected chi connectivity index (χ0v) is 11.0. The summed E-state index contributed by atoms with van der Waals surface area (Å²) >= 11 is 0. The van der Waals surface area contributed by atoms with Crippen molar-refractivity contribution in [2.75, 3.05) is 36.9 Å². The number of aromatic carboxylic acids is 1. The summed E-state index contributed by atoms with van der Waals surface area (Å²) in [7, 11) is 0. The molecule has 0 atom stereocenters. The Morgan fingerprint density at radius 2 is 2.00 bits per heavy atom. The van der Waals surface area contributed by atoms with E-state index in [2.05, 4.69) is 4.98 Å². The summed E-state index contributed by atoms with van der Waals surface area (Å²) in [5, 5.41) is 9.09. The van der Waals surface area contributed by atoms with E-state index in [1.165, 1.54) is 12.3 Å². The number of carboxylic acids is 1. The lowest BCUT2D eigenvalue weighted by Gasteiger charge is -2.38. The number of rotatable bonds is 2. The molecule has 3 N–H and O–H groups in total. The number of nitrogens with zero attached hydrogens (tertiary/aromatic N) is 2. The maximum Gasteiger partial charge on any atom is 0.337 e. The molecule has 0 unspecified atom stereocenters. The van der Waals surface area contributed by atoms with E-state index in [4.69, 9.17) is 20.3 Å². The van der Waals surface area contributed by atoms with Crippen molar-refractivity contribution in [3.63, 3.8) is 0 Å². The maximum absolute atomic E-state index is 11.1. The normalized spacial score (nSPS) is 21.3. The third kappa shape index (κ3) is 2.30. The summed E-state index contributed by atoms with van der Waals surface area (Å²) < 4.78 is 11.3. The lowest BCUT2D eigenvalue weighted by atomic mass is 10.0.